The number of aryl methyl sites for hydroxylation is 1. The van der Waals surface area contributed by atoms with Crippen LogP contribution in [0.5, 0.6) is 0 Å². The smallest absolute Gasteiger partial charge is 0.174 e. The van der Waals surface area contributed by atoms with Gasteiger partial charge in [-0.3, -0.25) is 4.98 Å². The highest BCUT2D eigenvalue weighted by molar-refractivity contribution is 7.13. The predicted molar refractivity (Wildman–Crippen MR) is 83.3 cm³/mol. The van der Waals surface area contributed by atoms with Gasteiger partial charge in [-0.15, -0.1) is 11.3 Å². The van der Waals surface area contributed by atoms with Crippen molar-refractivity contribution in [3.63, 3.8) is 0 Å². The van der Waals surface area contributed by atoms with Crippen LogP contribution in [0, 0.1) is 6.92 Å². The Hall–Kier alpha value is -1.49. The summed E-state index contributed by atoms with van der Waals surface area (Å²) in [5.74, 6) is 0.499. The average molecular weight is 322 g/mol. The molecule has 0 amide bonds. The molecule has 20 heavy (non-hydrogen) atoms. The molecule has 3 nitrogen and oxygen atoms in total. The lowest BCUT2D eigenvalue weighted by molar-refractivity contribution is 1.18. The van der Waals surface area contributed by atoms with E-state index in [9.17, 15) is 0 Å². The lowest BCUT2D eigenvalue weighted by Crippen LogP contribution is -1.93. The zero-order valence-corrected chi connectivity index (χ0v) is 12.8. The maximum Gasteiger partial charge on any atom is 0.174 e. The number of aromatic nitrogens is 3. The topological polar surface area (TPSA) is 38.7 Å². The van der Waals surface area contributed by atoms with Crippen LogP contribution in [-0.4, -0.2) is 15.0 Å². The van der Waals surface area contributed by atoms with Crippen molar-refractivity contribution in [1.29, 1.82) is 0 Å². The third-order valence-electron chi connectivity index (χ3n) is 2.78. The highest BCUT2D eigenvalue weighted by atomic mass is 35.5. The first kappa shape index (κ1) is 13.5. The molecular formula is C14H9Cl2N3S. The Balaban J connectivity index is 2.14. The first-order valence-electron chi connectivity index (χ1n) is 5.84. The number of hydrogen-bond donors (Lipinski definition) is 0. The third-order valence-corrected chi connectivity index (χ3v) is 4.10. The molecule has 100 valence electrons. The molecule has 0 aliphatic heterocycles. The maximum atomic E-state index is 6.29. The predicted octanol–water partition coefficient (Wildman–Crippen LogP) is 4.88. The van der Waals surface area contributed by atoms with Crippen molar-refractivity contribution in [1.82, 2.24) is 15.0 Å². The molecule has 3 rings (SSSR count). The molecule has 0 unspecified atom stereocenters. The lowest BCUT2D eigenvalue weighted by atomic mass is 10.1. The zero-order chi connectivity index (χ0) is 14.1. The molecule has 0 fully saturated rings. The largest absolute Gasteiger partial charge is 0.252 e. The van der Waals surface area contributed by atoms with E-state index >= 15 is 0 Å². The molecular weight excluding hydrogens is 313 g/mol. The fourth-order valence-electron chi connectivity index (χ4n) is 1.88. The second-order valence-corrected chi connectivity index (χ2v) is 5.84. The molecule has 0 aliphatic rings. The fourth-order valence-corrected chi connectivity index (χ4v) is 3.04. The van der Waals surface area contributed by atoms with Gasteiger partial charge < -0.3 is 0 Å². The minimum absolute atomic E-state index is 0.346. The van der Waals surface area contributed by atoms with Crippen LogP contribution >= 0.6 is 34.5 Å². The Morgan fingerprint density at radius 3 is 2.45 bits per heavy atom. The summed E-state index contributed by atoms with van der Waals surface area (Å²) in [5, 5.41) is 0.693. The number of rotatable bonds is 2. The van der Waals surface area contributed by atoms with Crippen LogP contribution in [0.15, 0.2) is 36.0 Å². The maximum absolute atomic E-state index is 6.29. The lowest BCUT2D eigenvalue weighted by Gasteiger charge is -2.08. The van der Waals surface area contributed by atoms with Gasteiger partial charge in [0.1, 0.15) is 10.3 Å². The summed E-state index contributed by atoms with van der Waals surface area (Å²) in [6.45, 7) is 2.01. The van der Waals surface area contributed by atoms with Crippen molar-refractivity contribution >= 4 is 34.5 Å². The fraction of sp³-hybridized carbons (Fsp3) is 0.0714. The first-order valence-corrected chi connectivity index (χ1v) is 7.47. The Bertz CT molecular complexity index is 734. The minimum Gasteiger partial charge on any atom is -0.252 e. The minimum atomic E-state index is 0.346. The van der Waals surface area contributed by atoms with Crippen LogP contribution in [0.4, 0.5) is 0 Å². The monoisotopic (exact) mass is 321 g/mol. The average Bonchev–Trinajstić information content (AvgIpc) is 2.91. The van der Waals surface area contributed by atoms with Crippen molar-refractivity contribution in [3.05, 3.63) is 51.8 Å². The van der Waals surface area contributed by atoms with Crippen LogP contribution in [0.2, 0.25) is 10.3 Å². The van der Waals surface area contributed by atoms with Gasteiger partial charge in [-0.1, -0.05) is 53.0 Å². The van der Waals surface area contributed by atoms with E-state index in [1.807, 2.05) is 31.2 Å². The van der Waals surface area contributed by atoms with E-state index in [0.717, 1.165) is 16.0 Å². The van der Waals surface area contributed by atoms with Crippen molar-refractivity contribution in [2.24, 2.45) is 0 Å². The van der Waals surface area contributed by atoms with Crippen molar-refractivity contribution in [2.75, 3.05) is 0 Å². The number of nitrogens with zero attached hydrogens (tertiary/aromatic N) is 3. The highest BCUT2D eigenvalue weighted by Gasteiger charge is 2.15. The van der Waals surface area contributed by atoms with E-state index in [1.165, 1.54) is 11.3 Å². The van der Waals surface area contributed by atoms with Gasteiger partial charge in [0.2, 0.25) is 0 Å². The second kappa shape index (κ2) is 5.48. The SMILES string of the molecule is Cc1cccc(-c2c(Cl)nc(-c3cncs3)nc2Cl)c1. The molecule has 0 N–H and O–H groups in total. The van der Waals surface area contributed by atoms with Crippen molar-refractivity contribution in [3.8, 4) is 21.8 Å². The molecule has 0 spiro atoms. The van der Waals surface area contributed by atoms with E-state index < -0.39 is 0 Å². The summed E-state index contributed by atoms with van der Waals surface area (Å²) in [5.41, 5.74) is 4.41. The van der Waals surface area contributed by atoms with Crippen LogP contribution in [0.1, 0.15) is 5.56 Å². The van der Waals surface area contributed by atoms with Gasteiger partial charge in [0, 0.05) is 6.20 Å². The highest BCUT2D eigenvalue weighted by Crippen LogP contribution is 2.35. The molecule has 3 aromatic rings. The molecule has 0 radical (unpaired) electrons. The molecule has 0 saturated heterocycles. The van der Waals surface area contributed by atoms with E-state index in [2.05, 4.69) is 15.0 Å². The van der Waals surface area contributed by atoms with Gasteiger partial charge in [-0.05, 0) is 12.5 Å². The van der Waals surface area contributed by atoms with Crippen LogP contribution in [-0.2, 0) is 0 Å². The van der Waals surface area contributed by atoms with E-state index in [1.54, 1.807) is 11.7 Å². The zero-order valence-electron chi connectivity index (χ0n) is 10.5. The Morgan fingerprint density at radius 2 is 1.85 bits per heavy atom. The number of benzene rings is 1. The number of thiazole rings is 1. The summed E-state index contributed by atoms with van der Waals surface area (Å²) in [4.78, 5) is 13.5. The first-order chi connectivity index (χ1) is 9.65. The summed E-state index contributed by atoms with van der Waals surface area (Å²) in [6, 6.07) is 7.91. The van der Waals surface area contributed by atoms with Gasteiger partial charge in [-0.25, -0.2) is 9.97 Å². The van der Waals surface area contributed by atoms with Gasteiger partial charge in [-0.2, -0.15) is 0 Å². The standard InChI is InChI=1S/C14H9Cl2N3S/c1-8-3-2-4-9(5-8)11-12(15)18-14(19-13(11)16)10-6-17-7-20-10/h2-7H,1H3. The molecule has 0 atom stereocenters. The molecule has 0 bridgehead atoms. The Morgan fingerprint density at radius 1 is 1.10 bits per heavy atom. The van der Waals surface area contributed by atoms with E-state index in [0.29, 0.717) is 21.7 Å². The third kappa shape index (κ3) is 2.54. The van der Waals surface area contributed by atoms with Gasteiger partial charge in [0.25, 0.3) is 0 Å². The molecule has 6 heteroatoms. The summed E-state index contributed by atoms with van der Waals surface area (Å²) in [6.07, 6.45) is 1.69. The number of hydrogen-bond acceptors (Lipinski definition) is 4. The summed E-state index contributed by atoms with van der Waals surface area (Å²) in [7, 11) is 0. The molecule has 0 saturated carbocycles. The van der Waals surface area contributed by atoms with Crippen LogP contribution in [0.3, 0.4) is 0 Å². The Kier molecular flexibility index (Phi) is 3.70. The van der Waals surface area contributed by atoms with E-state index in [4.69, 9.17) is 23.2 Å². The molecule has 2 heterocycles. The summed E-state index contributed by atoms with van der Waals surface area (Å²) < 4.78 is 0. The van der Waals surface area contributed by atoms with E-state index in [-0.39, 0.29) is 0 Å². The van der Waals surface area contributed by atoms with Gasteiger partial charge >= 0.3 is 0 Å². The molecule has 0 aliphatic carbocycles. The van der Waals surface area contributed by atoms with Gasteiger partial charge in [0.05, 0.1) is 16.0 Å². The van der Waals surface area contributed by atoms with Crippen molar-refractivity contribution < 1.29 is 0 Å². The van der Waals surface area contributed by atoms with Crippen LogP contribution in [0.25, 0.3) is 21.8 Å². The summed E-state index contributed by atoms with van der Waals surface area (Å²) >= 11 is 14.0. The van der Waals surface area contributed by atoms with Crippen LogP contribution < -0.4 is 0 Å². The Labute approximate surface area is 130 Å². The normalized spacial score (nSPS) is 10.8. The van der Waals surface area contributed by atoms with Crippen molar-refractivity contribution in [2.45, 2.75) is 6.92 Å². The van der Waals surface area contributed by atoms with Gasteiger partial charge in [0.15, 0.2) is 5.82 Å². The molecule has 2 aromatic heterocycles. The molecule has 1 aromatic carbocycles. The number of halogens is 2. The second-order valence-electron chi connectivity index (χ2n) is 4.24. The quantitative estimate of drug-likeness (QED) is 0.631.